The predicted molar refractivity (Wildman–Crippen MR) is 71.1 cm³/mol. The van der Waals surface area contributed by atoms with E-state index in [9.17, 15) is 5.11 Å². The lowest BCUT2D eigenvalue weighted by atomic mass is 9.86. The van der Waals surface area contributed by atoms with Crippen LogP contribution in [-0.2, 0) is 0 Å². The summed E-state index contributed by atoms with van der Waals surface area (Å²) in [7, 11) is 2.23. The Kier molecular flexibility index (Phi) is 4.11. The highest BCUT2D eigenvalue weighted by Gasteiger charge is 2.37. The molecule has 3 heteroatoms. The van der Waals surface area contributed by atoms with E-state index < -0.39 is 0 Å². The van der Waals surface area contributed by atoms with Crippen LogP contribution in [0.15, 0.2) is 0 Å². The standard InChI is InChI=1S/C14H28N2O/c1-12-8-16(9-13(2)15(12)3)10-14(11-17)6-4-5-7-14/h12-13,17H,4-11H2,1-3H3. The van der Waals surface area contributed by atoms with Gasteiger partial charge < -0.3 is 5.11 Å². The van der Waals surface area contributed by atoms with Gasteiger partial charge in [-0.3, -0.25) is 9.80 Å². The van der Waals surface area contributed by atoms with E-state index in [1.807, 2.05) is 0 Å². The van der Waals surface area contributed by atoms with E-state index >= 15 is 0 Å². The highest BCUT2D eigenvalue weighted by molar-refractivity contribution is 4.91. The molecular formula is C14H28N2O. The topological polar surface area (TPSA) is 26.7 Å². The summed E-state index contributed by atoms with van der Waals surface area (Å²) in [6.45, 7) is 8.41. The van der Waals surface area contributed by atoms with E-state index in [0.29, 0.717) is 18.7 Å². The Labute approximate surface area is 106 Å². The second-order valence-electron chi connectivity index (χ2n) is 6.42. The summed E-state index contributed by atoms with van der Waals surface area (Å²) in [5.41, 5.74) is 0.218. The minimum Gasteiger partial charge on any atom is -0.396 e. The summed E-state index contributed by atoms with van der Waals surface area (Å²) in [6.07, 6.45) is 5.05. The molecule has 100 valence electrons. The quantitative estimate of drug-likeness (QED) is 0.811. The molecular weight excluding hydrogens is 212 g/mol. The Bertz CT molecular complexity index is 239. The van der Waals surface area contributed by atoms with Gasteiger partial charge in [-0.1, -0.05) is 12.8 Å². The summed E-state index contributed by atoms with van der Waals surface area (Å²) in [5, 5.41) is 9.69. The van der Waals surface area contributed by atoms with Gasteiger partial charge >= 0.3 is 0 Å². The van der Waals surface area contributed by atoms with Gasteiger partial charge in [0.15, 0.2) is 0 Å². The SMILES string of the molecule is CC1CN(CC2(CO)CCCC2)CC(C)N1C. The number of nitrogens with zero attached hydrogens (tertiary/aromatic N) is 2. The van der Waals surface area contributed by atoms with Crippen molar-refractivity contribution in [2.45, 2.75) is 51.6 Å². The first-order chi connectivity index (χ1) is 8.06. The maximum atomic E-state index is 9.69. The third-order valence-electron chi connectivity index (χ3n) is 4.99. The van der Waals surface area contributed by atoms with Crippen molar-refractivity contribution in [3.8, 4) is 0 Å². The molecule has 1 saturated carbocycles. The number of hydrogen-bond acceptors (Lipinski definition) is 3. The fraction of sp³-hybridized carbons (Fsp3) is 1.00. The fourth-order valence-electron chi connectivity index (χ4n) is 3.61. The number of aliphatic hydroxyl groups is 1. The predicted octanol–water partition coefficient (Wildman–Crippen LogP) is 1.56. The monoisotopic (exact) mass is 240 g/mol. The Hall–Kier alpha value is -0.120. The zero-order valence-electron chi connectivity index (χ0n) is 11.7. The third kappa shape index (κ3) is 2.83. The lowest BCUT2D eigenvalue weighted by molar-refractivity contribution is 0.0140. The molecule has 2 atom stereocenters. The lowest BCUT2D eigenvalue weighted by Crippen LogP contribution is -2.57. The van der Waals surface area contributed by atoms with Crippen LogP contribution in [-0.4, -0.2) is 60.3 Å². The van der Waals surface area contributed by atoms with E-state index in [1.165, 1.54) is 25.7 Å². The first-order valence-electron chi connectivity index (χ1n) is 7.11. The van der Waals surface area contributed by atoms with Gasteiger partial charge in [-0.25, -0.2) is 0 Å². The number of aliphatic hydroxyl groups excluding tert-OH is 1. The molecule has 17 heavy (non-hydrogen) atoms. The molecule has 2 unspecified atom stereocenters. The van der Waals surface area contributed by atoms with Gasteiger partial charge in [-0.05, 0) is 33.7 Å². The van der Waals surface area contributed by atoms with Crippen LogP contribution in [0.2, 0.25) is 0 Å². The molecule has 2 aliphatic rings. The van der Waals surface area contributed by atoms with E-state index in [4.69, 9.17) is 0 Å². The number of hydrogen-bond donors (Lipinski definition) is 1. The van der Waals surface area contributed by atoms with Crippen molar-refractivity contribution in [1.82, 2.24) is 9.80 Å². The molecule has 2 fully saturated rings. The van der Waals surface area contributed by atoms with Crippen molar-refractivity contribution in [2.24, 2.45) is 5.41 Å². The smallest absolute Gasteiger partial charge is 0.0499 e. The second-order valence-corrected chi connectivity index (χ2v) is 6.42. The van der Waals surface area contributed by atoms with Gasteiger partial charge in [0.25, 0.3) is 0 Å². The van der Waals surface area contributed by atoms with Crippen LogP contribution in [0.3, 0.4) is 0 Å². The van der Waals surface area contributed by atoms with E-state index in [-0.39, 0.29) is 5.41 Å². The van der Waals surface area contributed by atoms with Crippen LogP contribution in [0.1, 0.15) is 39.5 Å². The van der Waals surface area contributed by atoms with Gasteiger partial charge in [0, 0.05) is 43.7 Å². The minimum absolute atomic E-state index is 0.218. The summed E-state index contributed by atoms with van der Waals surface area (Å²) >= 11 is 0. The highest BCUT2D eigenvalue weighted by atomic mass is 16.3. The van der Waals surface area contributed by atoms with Gasteiger partial charge in [-0.2, -0.15) is 0 Å². The minimum atomic E-state index is 0.218. The van der Waals surface area contributed by atoms with Gasteiger partial charge in [0.1, 0.15) is 0 Å². The largest absolute Gasteiger partial charge is 0.396 e. The molecule has 1 aliphatic carbocycles. The maximum absolute atomic E-state index is 9.69. The van der Waals surface area contributed by atoms with Crippen molar-refractivity contribution >= 4 is 0 Å². The van der Waals surface area contributed by atoms with E-state index in [1.54, 1.807) is 0 Å². The normalized spacial score (nSPS) is 35.3. The lowest BCUT2D eigenvalue weighted by Gasteiger charge is -2.45. The van der Waals surface area contributed by atoms with Crippen molar-refractivity contribution in [3.63, 3.8) is 0 Å². The number of likely N-dealkylation sites (N-methyl/N-ethyl adjacent to an activating group) is 1. The summed E-state index contributed by atoms with van der Waals surface area (Å²) in [6, 6.07) is 1.27. The maximum Gasteiger partial charge on any atom is 0.0499 e. The van der Waals surface area contributed by atoms with Crippen molar-refractivity contribution in [2.75, 3.05) is 33.3 Å². The van der Waals surface area contributed by atoms with E-state index in [2.05, 4.69) is 30.7 Å². The Balaban J connectivity index is 1.94. The molecule has 1 saturated heterocycles. The summed E-state index contributed by atoms with van der Waals surface area (Å²) < 4.78 is 0. The van der Waals surface area contributed by atoms with Crippen LogP contribution in [0.4, 0.5) is 0 Å². The number of rotatable bonds is 3. The fourth-order valence-corrected chi connectivity index (χ4v) is 3.61. The zero-order chi connectivity index (χ0) is 12.5. The highest BCUT2D eigenvalue weighted by Crippen LogP contribution is 2.38. The second kappa shape index (κ2) is 5.25. The van der Waals surface area contributed by atoms with Crippen molar-refractivity contribution in [1.29, 1.82) is 0 Å². The third-order valence-corrected chi connectivity index (χ3v) is 4.99. The Morgan fingerprint density at radius 3 is 2.12 bits per heavy atom. The van der Waals surface area contributed by atoms with Crippen molar-refractivity contribution < 1.29 is 5.11 Å². The summed E-state index contributed by atoms with van der Waals surface area (Å²) in [5.74, 6) is 0. The summed E-state index contributed by atoms with van der Waals surface area (Å²) in [4.78, 5) is 5.05. The first-order valence-corrected chi connectivity index (χ1v) is 7.11. The molecule has 1 N–H and O–H groups in total. The Morgan fingerprint density at radius 2 is 1.65 bits per heavy atom. The van der Waals surface area contributed by atoms with Crippen LogP contribution in [0.25, 0.3) is 0 Å². The molecule has 2 rings (SSSR count). The molecule has 0 bridgehead atoms. The molecule has 0 radical (unpaired) electrons. The molecule has 3 nitrogen and oxygen atoms in total. The molecule has 1 heterocycles. The first kappa shape index (κ1) is 13.3. The molecule has 1 aliphatic heterocycles. The molecule has 0 aromatic heterocycles. The Morgan fingerprint density at radius 1 is 1.12 bits per heavy atom. The van der Waals surface area contributed by atoms with Gasteiger partial charge in [0.2, 0.25) is 0 Å². The van der Waals surface area contributed by atoms with Crippen LogP contribution >= 0.6 is 0 Å². The average molecular weight is 240 g/mol. The van der Waals surface area contributed by atoms with Crippen LogP contribution in [0.5, 0.6) is 0 Å². The molecule has 0 amide bonds. The number of piperazine rings is 1. The van der Waals surface area contributed by atoms with Crippen LogP contribution < -0.4 is 0 Å². The van der Waals surface area contributed by atoms with E-state index in [0.717, 1.165) is 19.6 Å². The zero-order valence-corrected chi connectivity index (χ0v) is 11.7. The molecule has 0 aromatic rings. The van der Waals surface area contributed by atoms with Gasteiger partial charge in [-0.15, -0.1) is 0 Å². The van der Waals surface area contributed by atoms with Crippen molar-refractivity contribution in [3.05, 3.63) is 0 Å². The van der Waals surface area contributed by atoms with Gasteiger partial charge in [0.05, 0.1) is 0 Å². The average Bonchev–Trinajstić information content (AvgIpc) is 2.75. The van der Waals surface area contributed by atoms with Crippen LogP contribution in [0, 0.1) is 5.41 Å². The molecule has 0 spiro atoms. The molecule has 0 aromatic carbocycles.